The summed E-state index contributed by atoms with van der Waals surface area (Å²) in [6.45, 7) is 4.11. The van der Waals surface area contributed by atoms with Crippen molar-refractivity contribution in [2.75, 3.05) is 26.1 Å². The van der Waals surface area contributed by atoms with E-state index in [2.05, 4.69) is 22.2 Å². The van der Waals surface area contributed by atoms with E-state index in [9.17, 15) is 9.50 Å². The highest BCUT2D eigenvalue weighted by atomic mass is 19.1. The average Bonchev–Trinajstić information content (AvgIpc) is 3.06. The summed E-state index contributed by atoms with van der Waals surface area (Å²) in [6, 6.07) is 5.35. The molecule has 1 atom stereocenters. The second-order valence-electron chi connectivity index (χ2n) is 7.23. The molecule has 30 heavy (non-hydrogen) atoms. The molecule has 1 aromatic carbocycles. The SMILES string of the molecule is CCCC[C@@H](CO)Nc1nc(C)nc2c(F)cn(Cc3c(OC)cccc3OC)c12. The molecule has 0 aliphatic heterocycles. The summed E-state index contributed by atoms with van der Waals surface area (Å²) < 4.78 is 27.5. The van der Waals surface area contributed by atoms with E-state index in [0.29, 0.717) is 35.2 Å². The van der Waals surface area contributed by atoms with Crippen LogP contribution in [-0.4, -0.2) is 46.5 Å². The molecule has 0 saturated heterocycles. The lowest BCUT2D eigenvalue weighted by atomic mass is 10.1. The number of fused-ring (bicyclic) bond motifs is 1. The minimum Gasteiger partial charge on any atom is -0.496 e. The van der Waals surface area contributed by atoms with Crippen LogP contribution in [0.1, 0.15) is 37.6 Å². The van der Waals surface area contributed by atoms with Gasteiger partial charge in [0.25, 0.3) is 0 Å². The van der Waals surface area contributed by atoms with Gasteiger partial charge in [0.2, 0.25) is 0 Å². The van der Waals surface area contributed by atoms with Gasteiger partial charge in [0.15, 0.2) is 11.6 Å². The third-order valence-electron chi connectivity index (χ3n) is 5.10. The van der Waals surface area contributed by atoms with Crippen LogP contribution in [-0.2, 0) is 6.54 Å². The van der Waals surface area contributed by atoms with Gasteiger partial charge in [-0.05, 0) is 25.5 Å². The van der Waals surface area contributed by atoms with Gasteiger partial charge >= 0.3 is 0 Å². The molecule has 0 bridgehead atoms. The van der Waals surface area contributed by atoms with E-state index in [1.165, 1.54) is 6.20 Å². The zero-order valence-electron chi connectivity index (χ0n) is 17.9. The van der Waals surface area contributed by atoms with Crippen molar-refractivity contribution in [3.63, 3.8) is 0 Å². The van der Waals surface area contributed by atoms with Crippen molar-refractivity contribution in [2.45, 2.75) is 45.7 Å². The van der Waals surface area contributed by atoms with Crippen molar-refractivity contribution < 1.29 is 19.0 Å². The largest absolute Gasteiger partial charge is 0.496 e. The van der Waals surface area contributed by atoms with Crippen LogP contribution in [0.3, 0.4) is 0 Å². The number of hydrogen-bond acceptors (Lipinski definition) is 6. The van der Waals surface area contributed by atoms with Crippen molar-refractivity contribution in [3.8, 4) is 11.5 Å². The Labute approximate surface area is 175 Å². The van der Waals surface area contributed by atoms with Gasteiger partial charge in [-0.2, -0.15) is 0 Å². The summed E-state index contributed by atoms with van der Waals surface area (Å²) >= 11 is 0. The molecular formula is C22H29FN4O3. The lowest BCUT2D eigenvalue weighted by molar-refractivity contribution is 0.267. The van der Waals surface area contributed by atoms with Crippen molar-refractivity contribution in [1.29, 1.82) is 0 Å². The van der Waals surface area contributed by atoms with Crippen LogP contribution in [0.25, 0.3) is 11.0 Å². The number of aliphatic hydroxyl groups is 1. The molecule has 0 unspecified atom stereocenters. The summed E-state index contributed by atoms with van der Waals surface area (Å²) in [5, 5.41) is 13.1. The van der Waals surface area contributed by atoms with Crippen LogP contribution < -0.4 is 14.8 Å². The number of anilines is 1. The molecule has 0 aliphatic carbocycles. The van der Waals surface area contributed by atoms with Crippen LogP contribution in [0, 0.1) is 12.7 Å². The first-order valence-electron chi connectivity index (χ1n) is 10.1. The average molecular weight is 416 g/mol. The molecule has 0 saturated carbocycles. The summed E-state index contributed by atoms with van der Waals surface area (Å²) in [5.41, 5.74) is 1.57. The Morgan fingerprint density at radius 1 is 1.20 bits per heavy atom. The van der Waals surface area contributed by atoms with Crippen molar-refractivity contribution in [1.82, 2.24) is 14.5 Å². The van der Waals surface area contributed by atoms with E-state index in [-0.39, 0.29) is 18.2 Å². The van der Waals surface area contributed by atoms with Gasteiger partial charge < -0.3 is 24.5 Å². The predicted octanol–water partition coefficient (Wildman–Crippen LogP) is 3.91. The standard InChI is InChI=1S/C22H29FN4O3/c1-5-6-8-15(13-28)26-22-21-20(24-14(2)25-22)17(23)12-27(21)11-16-18(29-3)9-7-10-19(16)30-4/h7,9-10,12,15,28H,5-6,8,11,13H2,1-4H3,(H,24,25,26)/t15-/m0/s1. The molecule has 8 heteroatoms. The fraction of sp³-hybridized carbons (Fsp3) is 0.455. The van der Waals surface area contributed by atoms with E-state index >= 15 is 0 Å². The van der Waals surface area contributed by atoms with Crippen LogP contribution in [0.15, 0.2) is 24.4 Å². The molecule has 0 fully saturated rings. The number of nitrogens with one attached hydrogen (secondary N) is 1. The smallest absolute Gasteiger partial charge is 0.167 e. The zero-order valence-corrected chi connectivity index (χ0v) is 17.9. The number of aryl methyl sites for hydroxylation is 1. The Bertz CT molecular complexity index is 983. The van der Waals surface area contributed by atoms with Crippen molar-refractivity contribution >= 4 is 16.9 Å². The minimum atomic E-state index is -0.429. The molecule has 0 amide bonds. The van der Waals surface area contributed by atoms with Crippen LogP contribution >= 0.6 is 0 Å². The molecule has 2 aromatic heterocycles. The maximum atomic E-state index is 14.8. The molecule has 3 aromatic rings. The van der Waals surface area contributed by atoms with Gasteiger partial charge in [-0.1, -0.05) is 25.8 Å². The fourth-order valence-electron chi connectivity index (χ4n) is 3.60. The summed E-state index contributed by atoms with van der Waals surface area (Å²) in [4.78, 5) is 8.82. The predicted molar refractivity (Wildman–Crippen MR) is 115 cm³/mol. The highest BCUT2D eigenvalue weighted by Crippen LogP contribution is 2.32. The Kier molecular flexibility index (Phi) is 7.10. The number of nitrogens with zero attached hydrogens (tertiary/aromatic N) is 3. The Morgan fingerprint density at radius 3 is 2.50 bits per heavy atom. The number of halogens is 1. The normalized spacial score (nSPS) is 12.2. The number of hydrogen-bond donors (Lipinski definition) is 2. The molecule has 162 valence electrons. The molecule has 0 aliphatic rings. The number of unbranched alkanes of at least 4 members (excludes halogenated alkanes) is 1. The number of benzene rings is 1. The topological polar surface area (TPSA) is 81.4 Å². The van der Waals surface area contributed by atoms with E-state index in [4.69, 9.17) is 9.47 Å². The molecule has 7 nitrogen and oxygen atoms in total. The lowest BCUT2D eigenvalue weighted by Gasteiger charge is -2.19. The maximum Gasteiger partial charge on any atom is 0.167 e. The first-order valence-corrected chi connectivity index (χ1v) is 10.1. The summed E-state index contributed by atoms with van der Waals surface area (Å²) in [6.07, 6.45) is 4.20. The van der Waals surface area contributed by atoms with Crippen LogP contribution in [0.2, 0.25) is 0 Å². The van der Waals surface area contributed by atoms with Gasteiger partial charge in [0.1, 0.15) is 28.4 Å². The Balaban J connectivity index is 2.09. The van der Waals surface area contributed by atoms with Gasteiger partial charge in [-0.15, -0.1) is 0 Å². The first kappa shape index (κ1) is 21.8. The molecular weight excluding hydrogens is 387 g/mol. The second-order valence-corrected chi connectivity index (χ2v) is 7.23. The number of methoxy groups -OCH3 is 2. The second kappa shape index (κ2) is 9.75. The number of aromatic nitrogens is 3. The quantitative estimate of drug-likeness (QED) is 0.522. The van der Waals surface area contributed by atoms with Crippen LogP contribution in [0.4, 0.5) is 10.2 Å². The fourth-order valence-corrected chi connectivity index (χ4v) is 3.60. The Morgan fingerprint density at radius 2 is 1.90 bits per heavy atom. The first-order chi connectivity index (χ1) is 14.5. The van der Waals surface area contributed by atoms with Gasteiger partial charge in [0.05, 0.1) is 39.0 Å². The third kappa shape index (κ3) is 4.48. The highest BCUT2D eigenvalue weighted by Gasteiger charge is 2.20. The lowest BCUT2D eigenvalue weighted by Crippen LogP contribution is -2.25. The molecule has 3 rings (SSSR count). The third-order valence-corrected chi connectivity index (χ3v) is 5.10. The zero-order chi connectivity index (χ0) is 21.7. The highest BCUT2D eigenvalue weighted by molar-refractivity contribution is 5.87. The molecule has 2 N–H and O–H groups in total. The number of rotatable bonds is 10. The summed E-state index contributed by atoms with van der Waals surface area (Å²) in [5.74, 6) is 1.83. The van der Waals surface area contributed by atoms with E-state index < -0.39 is 5.82 Å². The number of ether oxygens (including phenoxy) is 2. The van der Waals surface area contributed by atoms with E-state index in [1.807, 2.05) is 18.2 Å². The van der Waals surface area contributed by atoms with Gasteiger partial charge in [-0.25, -0.2) is 14.4 Å². The van der Waals surface area contributed by atoms with Crippen LogP contribution in [0.5, 0.6) is 11.5 Å². The molecule has 0 radical (unpaired) electrons. The van der Waals surface area contributed by atoms with E-state index in [1.54, 1.807) is 25.7 Å². The van der Waals surface area contributed by atoms with E-state index in [0.717, 1.165) is 24.8 Å². The van der Waals surface area contributed by atoms with Crippen molar-refractivity contribution in [2.24, 2.45) is 0 Å². The van der Waals surface area contributed by atoms with Gasteiger partial charge in [0, 0.05) is 6.20 Å². The van der Waals surface area contributed by atoms with Crippen molar-refractivity contribution in [3.05, 3.63) is 41.6 Å². The minimum absolute atomic E-state index is 0.0337. The molecule has 0 spiro atoms. The molecule has 2 heterocycles. The number of aliphatic hydroxyl groups excluding tert-OH is 1. The van der Waals surface area contributed by atoms with Gasteiger partial charge in [-0.3, -0.25) is 0 Å². The maximum absolute atomic E-state index is 14.8. The Hall–Kier alpha value is -2.87. The summed E-state index contributed by atoms with van der Waals surface area (Å²) in [7, 11) is 3.18. The monoisotopic (exact) mass is 416 g/mol.